The van der Waals surface area contributed by atoms with Gasteiger partial charge in [-0.1, -0.05) is 6.92 Å². The largest absolute Gasteiger partial charge is 0.371 e. The molecule has 1 saturated carbocycles. The molecule has 4 rings (SSSR count). The lowest BCUT2D eigenvalue weighted by molar-refractivity contribution is -0.130. The number of carbonyl (C=O) groups is 1. The van der Waals surface area contributed by atoms with Gasteiger partial charge < -0.3 is 10.1 Å². The van der Waals surface area contributed by atoms with E-state index in [0.717, 1.165) is 6.07 Å². The van der Waals surface area contributed by atoms with Gasteiger partial charge in [0.25, 0.3) is 0 Å². The fraction of sp³-hybridized carbons (Fsp3) is 0.588. The number of fused-ring (bicyclic) bond motifs is 1. The van der Waals surface area contributed by atoms with Crippen LogP contribution in [0.5, 0.6) is 0 Å². The van der Waals surface area contributed by atoms with Gasteiger partial charge in [0.1, 0.15) is 11.6 Å². The van der Waals surface area contributed by atoms with E-state index in [1.165, 1.54) is 0 Å². The van der Waals surface area contributed by atoms with Crippen molar-refractivity contribution in [3.8, 4) is 0 Å². The number of anilines is 2. The normalized spacial score (nSPS) is 30.0. The summed E-state index contributed by atoms with van der Waals surface area (Å²) in [6, 6.07) is 1.52. The summed E-state index contributed by atoms with van der Waals surface area (Å²) in [6.45, 7) is 5.38. The predicted octanol–water partition coefficient (Wildman–Crippen LogP) is 3.01. The molecule has 6 nitrogen and oxygen atoms in total. The van der Waals surface area contributed by atoms with Gasteiger partial charge in [-0.15, -0.1) is 0 Å². The monoisotopic (exact) mass is 388 g/mol. The molecular formula is C17H22F2N2O4S. The first kappa shape index (κ1) is 19.0. The predicted molar refractivity (Wildman–Crippen MR) is 93.3 cm³/mol. The van der Waals surface area contributed by atoms with Crippen LogP contribution in [-0.4, -0.2) is 31.8 Å². The van der Waals surface area contributed by atoms with E-state index in [0.29, 0.717) is 25.3 Å². The Morgan fingerprint density at radius 2 is 1.88 bits per heavy atom. The van der Waals surface area contributed by atoms with Crippen LogP contribution in [0.1, 0.15) is 40.0 Å². The van der Waals surface area contributed by atoms with Gasteiger partial charge in [-0.2, -0.15) is 0 Å². The summed E-state index contributed by atoms with van der Waals surface area (Å²) in [5.74, 6) is -2.62. The van der Waals surface area contributed by atoms with Gasteiger partial charge in [0.2, 0.25) is 15.9 Å². The van der Waals surface area contributed by atoms with Crippen molar-refractivity contribution in [1.82, 2.24) is 0 Å². The third kappa shape index (κ3) is 3.18. The summed E-state index contributed by atoms with van der Waals surface area (Å²) in [7, 11) is -3.75. The maximum atomic E-state index is 14.1. The first-order valence-corrected chi connectivity index (χ1v) is 10.1. The van der Waals surface area contributed by atoms with Crippen molar-refractivity contribution in [3.63, 3.8) is 0 Å². The van der Waals surface area contributed by atoms with Gasteiger partial charge >= 0.3 is 0 Å². The average Bonchev–Trinajstić information content (AvgIpc) is 2.89. The van der Waals surface area contributed by atoms with Crippen molar-refractivity contribution in [2.24, 2.45) is 5.41 Å². The molecular weight excluding hydrogens is 366 g/mol. The second-order valence-electron chi connectivity index (χ2n) is 7.41. The van der Waals surface area contributed by atoms with Crippen molar-refractivity contribution >= 4 is 27.3 Å². The lowest BCUT2D eigenvalue weighted by atomic mass is 9.60. The van der Waals surface area contributed by atoms with Crippen molar-refractivity contribution in [2.75, 3.05) is 15.8 Å². The zero-order chi connectivity index (χ0) is 19.3. The number of halogens is 2. The van der Waals surface area contributed by atoms with Gasteiger partial charge in [0.15, 0.2) is 0 Å². The molecule has 0 aromatic heterocycles. The summed E-state index contributed by atoms with van der Waals surface area (Å²) in [5, 5.41) is 2.47. The molecule has 2 bridgehead atoms. The zero-order valence-corrected chi connectivity index (χ0v) is 15.7. The molecule has 2 saturated heterocycles. The Bertz CT molecular complexity index is 851. The second kappa shape index (κ2) is 6.16. The maximum Gasteiger partial charge on any atom is 0.233 e. The Balaban J connectivity index is 1.82. The van der Waals surface area contributed by atoms with Crippen LogP contribution in [-0.2, 0) is 19.6 Å². The summed E-state index contributed by atoms with van der Waals surface area (Å²) in [4.78, 5) is 12.7. The van der Waals surface area contributed by atoms with Crippen LogP contribution in [0.2, 0.25) is 0 Å². The molecule has 1 aromatic carbocycles. The number of benzene rings is 1. The maximum absolute atomic E-state index is 14.1. The minimum atomic E-state index is -3.75. The molecule has 2 N–H and O–H groups in total. The van der Waals surface area contributed by atoms with Crippen LogP contribution >= 0.6 is 0 Å². The van der Waals surface area contributed by atoms with Crippen LogP contribution in [0.4, 0.5) is 20.2 Å². The summed E-state index contributed by atoms with van der Waals surface area (Å²) in [6.07, 6.45) is 1.11. The summed E-state index contributed by atoms with van der Waals surface area (Å²) >= 11 is 0. The SMILES string of the molecule is CCCS(=O)(=O)Nc1cc(NC(=O)C23CC(C)(C2)OC3C)c(F)cc1F. The first-order valence-electron chi connectivity index (χ1n) is 8.49. The molecule has 26 heavy (non-hydrogen) atoms. The van der Waals surface area contributed by atoms with E-state index < -0.39 is 38.7 Å². The molecule has 0 radical (unpaired) electrons. The number of carbonyl (C=O) groups excluding carboxylic acids is 1. The highest BCUT2D eigenvalue weighted by Gasteiger charge is 2.67. The van der Waals surface area contributed by atoms with Gasteiger partial charge in [0.05, 0.1) is 34.2 Å². The van der Waals surface area contributed by atoms with E-state index >= 15 is 0 Å². The number of nitrogens with one attached hydrogen (secondary N) is 2. The molecule has 1 amide bonds. The molecule has 2 heterocycles. The van der Waals surface area contributed by atoms with Crippen LogP contribution in [0, 0.1) is 17.0 Å². The van der Waals surface area contributed by atoms with Gasteiger partial charge in [-0.05, 0) is 39.2 Å². The fourth-order valence-electron chi connectivity index (χ4n) is 4.00. The molecule has 3 aliphatic rings. The third-order valence-electron chi connectivity index (χ3n) is 5.11. The van der Waals surface area contributed by atoms with Gasteiger partial charge in [-0.3, -0.25) is 9.52 Å². The Labute approximate surface area is 151 Å². The molecule has 3 fully saturated rings. The van der Waals surface area contributed by atoms with Crippen molar-refractivity contribution in [3.05, 3.63) is 23.8 Å². The number of ether oxygens (including phenoxy) is 1. The number of hydrogen-bond donors (Lipinski definition) is 2. The fourth-order valence-corrected chi connectivity index (χ4v) is 5.13. The first-order chi connectivity index (χ1) is 12.0. The highest BCUT2D eigenvalue weighted by molar-refractivity contribution is 7.92. The minimum Gasteiger partial charge on any atom is -0.371 e. The summed E-state index contributed by atoms with van der Waals surface area (Å²) < 4.78 is 59.6. The highest BCUT2D eigenvalue weighted by atomic mass is 32.2. The van der Waals surface area contributed by atoms with E-state index in [1.807, 2.05) is 6.92 Å². The smallest absolute Gasteiger partial charge is 0.233 e. The van der Waals surface area contributed by atoms with Crippen molar-refractivity contribution < 1.29 is 26.7 Å². The quantitative estimate of drug-likeness (QED) is 0.785. The van der Waals surface area contributed by atoms with E-state index in [9.17, 15) is 22.0 Å². The van der Waals surface area contributed by atoms with E-state index in [-0.39, 0.29) is 23.1 Å². The lowest BCUT2D eigenvalue weighted by Crippen LogP contribution is -2.50. The van der Waals surface area contributed by atoms with Gasteiger partial charge in [-0.25, -0.2) is 17.2 Å². The van der Waals surface area contributed by atoms with Crippen LogP contribution in [0.25, 0.3) is 0 Å². The number of sulfonamides is 1. The molecule has 1 aromatic rings. The molecule has 1 atom stereocenters. The summed E-state index contributed by atoms with van der Waals surface area (Å²) in [5.41, 5.74) is -1.74. The number of amides is 1. The molecule has 0 spiro atoms. The molecule has 2 aliphatic heterocycles. The minimum absolute atomic E-state index is 0.192. The lowest BCUT2D eigenvalue weighted by Gasteiger charge is -2.41. The van der Waals surface area contributed by atoms with Crippen LogP contribution in [0.3, 0.4) is 0 Å². The standard InChI is InChI=1S/C17H22F2N2O4S/c1-4-5-26(23,24)21-14-7-13(11(18)6-12(14)19)20-15(22)17-8-16(3,9-17)25-10(17)2/h6-7,10,21H,4-5,8-9H2,1-3H3,(H,20,22). The van der Waals surface area contributed by atoms with E-state index in [1.54, 1.807) is 13.8 Å². The van der Waals surface area contributed by atoms with E-state index in [2.05, 4.69) is 10.0 Å². The molecule has 1 aliphatic carbocycles. The van der Waals surface area contributed by atoms with Crippen molar-refractivity contribution in [2.45, 2.75) is 51.7 Å². The zero-order valence-electron chi connectivity index (χ0n) is 14.9. The second-order valence-corrected chi connectivity index (χ2v) is 9.25. The Kier molecular flexibility index (Phi) is 4.51. The highest BCUT2D eigenvalue weighted by Crippen LogP contribution is 2.61. The molecule has 144 valence electrons. The number of rotatable bonds is 6. The average molecular weight is 388 g/mol. The molecule has 9 heteroatoms. The molecule has 1 unspecified atom stereocenters. The van der Waals surface area contributed by atoms with Crippen molar-refractivity contribution in [1.29, 1.82) is 0 Å². The van der Waals surface area contributed by atoms with Crippen LogP contribution < -0.4 is 10.0 Å². The van der Waals surface area contributed by atoms with Crippen LogP contribution in [0.15, 0.2) is 12.1 Å². The topological polar surface area (TPSA) is 84.5 Å². The third-order valence-corrected chi connectivity index (χ3v) is 6.59. The Hall–Kier alpha value is -1.74. The van der Waals surface area contributed by atoms with Gasteiger partial charge in [0, 0.05) is 6.07 Å². The van der Waals surface area contributed by atoms with E-state index in [4.69, 9.17) is 4.74 Å². The Morgan fingerprint density at radius 1 is 1.27 bits per heavy atom. The number of hydrogen-bond acceptors (Lipinski definition) is 4. The Morgan fingerprint density at radius 3 is 2.42 bits per heavy atom.